The number of pyridine rings is 1. The number of fused-ring (bicyclic) bond motifs is 3. The molecule has 2 heterocycles. The molecule has 51 heavy (non-hydrogen) atoms. The van der Waals surface area contributed by atoms with Gasteiger partial charge < -0.3 is 41.5 Å². The number of nitrogens with zero attached hydrogens (tertiary/aromatic N) is 3. The lowest BCUT2D eigenvalue weighted by molar-refractivity contribution is -0.126. The molecule has 2 aromatic heterocycles. The lowest BCUT2D eigenvalue weighted by Crippen LogP contribution is -2.37. The molecule has 4 rings (SSSR count). The Labute approximate surface area is 302 Å². The molecule has 0 radical (unpaired) electrons. The first kappa shape index (κ1) is 40.0. The number of imidazole rings is 1. The molecule has 0 spiro atoms. The number of carbonyl (C=O) groups is 3. The zero-order valence-corrected chi connectivity index (χ0v) is 30.6. The number of nitrogen functional groups attached to an aromatic ring is 1. The minimum absolute atomic E-state index is 0.0116. The van der Waals surface area contributed by atoms with Crippen molar-refractivity contribution < 1.29 is 23.9 Å². The Balaban J connectivity index is 1.02. The predicted octanol–water partition coefficient (Wildman–Crippen LogP) is 4.14. The second-order valence-electron chi connectivity index (χ2n) is 13.7. The molecular weight excluding hydrogens is 648 g/mol. The highest BCUT2D eigenvalue weighted by Crippen LogP contribution is 2.29. The number of unbranched alkanes of at least 4 members (excludes halogenated alkanes) is 2. The molecule has 3 aromatic rings. The van der Waals surface area contributed by atoms with E-state index in [0.717, 1.165) is 85.7 Å². The van der Waals surface area contributed by atoms with Crippen molar-refractivity contribution in [2.45, 2.75) is 109 Å². The average molecular weight is 709 g/mol. The van der Waals surface area contributed by atoms with E-state index in [1.807, 2.05) is 18.2 Å². The van der Waals surface area contributed by atoms with Crippen LogP contribution in [0.15, 0.2) is 24.3 Å². The quantitative estimate of drug-likeness (QED) is 0.101. The Kier molecular flexibility index (Phi) is 17.4. The van der Waals surface area contributed by atoms with E-state index < -0.39 is 0 Å². The molecular formula is C38H60N8O5. The molecule has 0 saturated heterocycles. The van der Waals surface area contributed by atoms with Crippen LogP contribution in [0.5, 0.6) is 0 Å². The molecule has 2 unspecified atom stereocenters. The SMILES string of the molecule is CCCCc1nc2c(N)nc3ccccc3c2n1CCCCNC(=O)CNC(=O)CCOCCOCCC(=O)NCC1CCCCCCC(N)C1. The molecule has 1 aromatic carbocycles. The molecule has 1 fully saturated rings. The van der Waals surface area contributed by atoms with Gasteiger partial charge in [-0.25, -0.2) is 9.97 Å². The van der Waals surface area contributed by atoms with Gasteiger partial charge >= 0.3 is 0 Å². The number of ether oxygens (including phenoxy) is 2. The topological polar surface area (TPSA) is 189 Å². The summed E-state index contributed by atoms with van der Waals surface area (Å²) < 4.78 is 13.3. The van der Waals surface area contributed by atoms with Gasteiger partial charge in [-0.3, -0.25) is 14.4 Å². The monoisotopic (exact) mass is 708 g/mol. The fraction of sp³-hybridized carbons (Fsp3) is 0.658. The molecule has 0 aliphatic heterocycles. The lowest BCUT2D eigenvalue weighted by Gasteiger charge is -2.20. The number of hydrogen-bond donors (Lipinski definition) is 5. The van der Waals surface area contributed by atoms with Crippen molar-refractivity contribution >= 4 is 45.5 Å². The fourth-order valence-corrected chi connectivity index (χ4v) is 6.66. The van der Waals surface area contributed by atoms with Crippen LogP contribution in [0.4, 0.5) is 5.82 Å². The number of carbonyl (C=O) groups excluding carboxylic acids is 3. The van der Waals surface area contributed by atoms with E-state index >= 15 is 0 Å². The number of benzene rings is 1. The number of nitrogens with one attached hydrogen (secondary N) is 3. The average Bonchev–Trinajstić information content (AvgIpc) is 3.53. The number of nitrogens with two attached hydrogens (primary N) is 2. The van der Waals surface area contributed by atoms with Crippen LogP contribution in [0.2, 0.25) is 0 Å². The van der Waals surface area contributed by atoms with Gasteiger partial charge in [-0.1, -0.05) is 57.2 Å². The summed E-state index contributed by atoms with van der Waals surface area (Å²) in [7, 11) is 0. The maximum absolute atomic E-state index is 12.3. The number of hydrogen-bond acceptors (Lipinski definition) is 9. The largest absolute Gasteiger partial charge is 0.382 e. The van der Waals surface area contributed by atoms with E-state index in [1.54, 1.807) is 0 Å². The van der Waals surface area contributed by atoms with Crippen molar-refractivity contribution in [2.24, 2.45) is 11.7 Å². The Bertz CT molecular complexity index is 1530. The standard InChI is InChI=1S/C38H60N8O5/c1-2-3-16-32-45-36-37(30-14-8-9-15-31(30)44-38(36)40)46(32)20-11-10-19-41-35(49)27-43-34(48)18-22-51-24-23-50-21-17-33(47)42-26-28-12-6-4-5-7-13-29(39)25-28/h8-9,14-15,28-29H,2-7,10-13,16-27,39H2,1H3,(H2,40,44)(H,41,49)(H,42,47)(H,43,48). The molecule has 1 aliphatic rings. The molecule has 282 valence electrons. The molecule has 0 bridgehead atoms. The Morgan fingerprint density at radius 2 is 1.59 bits per heavy atom. The Morgan fingerprint density at radius 1 is 0.863 bits per heavy atom. The van der Waals surface area contributed by atoms with Crippen LogP contribution in [-0.2, 0) is 36.8 Å². The first-order valence-electron chi connectivity index (χ1n) is 19.1. The van der Waals surface area contributed by atoms with Crippen LogP contribution in [-0.4, -0.2) is 84.4 Å². The summed E-state index contributed by atoms with van der Waals surface area (Å²) in [4.78, 5) is 46.2. The first-order chi connectivity index (χ1) is 24.9. The maximum atomic E-state index is 12.3. The molecule has 7 N–H and O–H groups in total. The fourth-order valence-electron chi connectivity index (χ4n) is 6.66. The van der Waals surface area contributed by atoms with Gasteiger partial charge in [0.15, 0.2) is 5.82 Å². The summed E-state index contributed by atoms with van der Waals surface area (Å²) in [6, 6.07) is 8.22. The number of amides is 3. The van der Waals surface area contributed by atoms with Crippen LogP contribution < -0.4 is 27.4 Å². The summed E-state index contributed by atoms with van der Waals surface area (Å²) in [6.07, 6.45) is 13.1. The minimum Gasteiger partial charge on any atom is -0.382 e. The number of aromatic nitrogens is 3. The number of rotatable bonds is 21. The lowest BCUT2D eigenvalue weighted by atomic mass is 9.94. The van der Waals surface area contributed by atoms with E-state index in [1.165, 1.54) is 25.7 Å². The van der Waals surface area contributed by atoms with Crippen molar-refractivity contribution in [3.63, 3.8) is 0 Å². The third-order valence-corrected chi connectivity index (χ3v) is 9.50. The maximum Gasteiger partial charge on any atom is 0.239 e. The molecule has 13 nitrogen and oxygen atoms in total. The molecule has 3 amide bonds. The van der Waals surface area contributed by atoms with Gasteiger partial charge in [-0.2, -0.15) is 0 Å². The minimum atomic E-state index is -0.254. The number of aryl methyl sites for hydroxylation is 2. The zero-order valence-electron chi connectivity index (χ0n) is 30.6. The molecule has 2 atom stereocenters. The normalized spacial score (nSPS) is 16.7. The van der Waals surface area contributed by atoms with Crippen LogP contribution >= 0.6 is 0 Å². The van der Waals surface area contributed by atoms with Gasteiger partial charge in [0, 0.05) is 50.3 Å². The van der Waals surface area contributed by atoms with Crippen molar-refractivity contribution in [3.8, 4) is 0 Å². The van der Waals surface area contributed by atoms with Crippen LogP contribution in [0.3, 0.4) is 0 Å². The molecule has 1 aliphatic carbocycles. The van der Waals surface area contributed by atoms with E-state index in [4.69, 9.17) is 25.9 Å². The highest BCUT2D eigenvalue weighted by molar-refractivity contribution is 6.06. The molecule has 13 heteroatoms. The van der Waals surface area contributed by atoms with Crippen molar-refractivity contribution in [3.05, 3.63) is 30.1 Å². The van der Waals surface area contributed by atoms with E-state index in [9.17, 15) is 14.4 Å². The Morgan fingerprint density at radius 3 is 2.35 bits per heavy atom. The highest BCUT2D eigenvalue weighted by Gasteiger charge is 2.18. The van der Waals surface area contributed by atoms with E-state index in [0.29, 0.717) is 51.1 Å². The first-order valence-corrected chi connectivity index (χ1v) is 19.1. The van der Waals surface area contributed by atoms with Gasteiger partial charge in [0.05, 0.1) is 44.0 Å². The van der Waals surface area contributed by atoms with E-state index in [-0.39, 0.29) is 43.3 Å². The van der Waals surface area contributed by atoms with Crippen molar-refractivity contribution in [1.82, 2.24) is 30.5 Å². The molecule has 1 saturated carbocycles. The summed E-state index contributed by atoms with van der Waals surface area (Å²) in [5.74, 6) is 1.40. The van der Waals surface area contributed by atoms with Gasteiger partial charge in [0.1, 0.15) is 11.3 Å². The van der Waals surface area contributed by atoms with Crippen LogP contribution in [0, 0.1) is 5.92 Å². The number of anilines is 1. The van der Waals surface area contributed by atoms with Crippen molar-refractivity contribution in [2.75, 3.05) is 51.8 Å². The summed E-state index contributed by atoms with van der Waals surface area (Å²) in [5, 5.41) is 9.61. The third kappa shape index (κ3) is 13.7. The predicted molar refractivity (Wildman–Crippen MR) is 201 cm³/mol. The number of para-hydroxylation sites is 1. The van der Waals surface area contributed by atoms with Crippen molar-refractivity contribution in [1.29, 1.82) is 0 Å². The third-order valence-electron chi connectivity index (χ3n) is 9.50. The van der Waals surface area contributed by atoms with E-state index in [2.05, 4.69) is 38.5 Å². The van der Waals surface area contributed by atoms with Crippen LogP contribution in [0.25, 0.3) is 21.9 Å². The summed E-state index contributed by atoms with van der Waals surface area (Å²) in [6.45, 7) is 5.24. The zero-order chi connectivity index (χ0) is 36.3. The summed E-state index contributed by atoms with van der Waals surface area (Å²) in [5.41, 5.74) is 15.2. The second kappa shape index (κ2) is 22.2. The smallest absolute Gasteiger partial charge is 0.239 e. The second-order valence-corrected chi connectivity index (χ2v) is 13.7. The van der Waals surface area contributed by atoms with Gasteiger partial charge in [-0.05, 0) is 50.5 Å². The van der Waals surface area contributed by atoms with Crippen LogP contribution in [0.1, 0.15) is 96.2 Å². The van der Waals surface area contributed by atoms with Gasteiger partial charge in [0.25, 0.3) is 0 Å². The van der Waals surface area contributed by atoms with Gasteiger partial charge in [0.2, 0.25) is 17.7 Å². The highest BCUT2D eigenvalue weighted by atomic mass is 16.5. The summed E-state index contributed by atoms with van der Waals surface area (Å²) >= 11 is 0. The Hall–Kier alpha value is -3.81. The van der Waals surface area contributed by atoms with Gasteiger partial charge in [-0.15, -0.1) is 0 Å².